The first kappa shape index (κ1) is 23.5. The number of aryl methyl sites for hydroxylation is 4. The quantitative estimate of drug-likeness (QED) is 0.386. The fourth-order valence-corrected chi connectivity index (χ4v) is 4.21. The Morgan fingerprint density at radius 2 is 0.967 bits per heavy atom. The minimum Gasteiger partial charge on any atom is -0.368 e. The van der Waals surface area contributed by atoms with Crippen LogP contribution in [0.25, 0.3) is 0 Å². The van der Waals surface area contributed by atoms with Gasteiger partial charge in [-0.2, -0.15) is 0 Å². The Hall–Kier alpha value is -2.74. The topological polar surface area (TPSA) is 6.48 Å². The summed E-state index contributed by atoms with van der Waals surface area (Å²) >= 11 is 0. The van der Waals surface area contributed by atoms with Crippen molar-refractivity contribution in [2.24, 2.45) is 0 Å². The summed E-state index contributed by atoms with van der Waals surface area (Å²) in [6.45, 7) is 26.3. The first-order valence-electron chi connectivity index (χ1n) is 10.9. The van der Waals surface area contributed by atoms with E-state index in [2.05, 4.69) is 88.4 Å². The third kappa shape index (κ3) is 5.44. The summed E-state index contributed by atoms with van der Waals surface area (Å²) in [5.74, 6) is 0. The lowest BCUT2D eigenvalue weighted by Gasteiger charge is -2.25. The molecule has 0 aliphatic carbocycles. The lowest BCUT2D eigenvalue weighted by molar-refractivity contribution is 0.902. The van der Waals surface area contributed by atoms with Crippen LogP contribution in [0.4, 0.5) is 11.4 Å². The lowest BCUT2D eigenvalue weighted by Crippen LogP contribution is -2.23. The summed E-state index contributed by atoms with van der Waals surface area (Å²) in [5.41, 5.74) is 10.8. The Morgan fingerprint density at radius 1 is 0.633 bits per heavy atom. The van der Waals surface area contributed by atoms with Gasteiger partial charge in [0.05, 0.1) is 0 Å². The molecule has 160 valence electrons. The van der Waals surface area contributed by atoms with Gasteiger partial charge in [-0.1, -0.05) is 18.2 Å². The summed E-state index contributed by atoms with van der Waals surface area (Å²) < 4.78 is 0. The van der Waals surface area contributed by atoms with Gasteiger partial charge in [0.25, 0.3) is 0 Å². The second kappa shape index (κ2) is 10.9. The van der Waals surface area contributed by atoms with Gasteiger partial charge in [-0.15, -0.1) is 19.7 Å². The molecule has 2 aromatic carbocycles. The molecule has 0 radical (unpaired) electrons. The van der Waals surface area contributed by atoms with Gasteiger partial charge < -0.3 is 9.80 Å². The molecule has 30 heavy (non-hydrogen) atoms. The first-order chi connectivity index (χ1) is 14.4. The average molecular weight is 403 g/mol. The zero-order valence-corrected chi connectivity index (χ0v) is 19.6. The molecule has 0 aliphatic heterocycles. The van der Waals surface area contributed by atoms with Gasteiger partial charge in [0.2, 0.25) is 0 Å². The maximum atomic E-state index is 3.90. The molecule has 0 unspecified atom stereocenters. The van der Waals surface area contributed by atoms with Gasteiger partial charge in [-0.3, -0.25) is 0 Å². The summed E-state index contributed by atoms with van der Waals surface area (Å²) in [7, 11) is 0. The maximum Gasteiger partial charge on any atom is 0.0377 e. The van der Waals surface area contributed by atoms with E-state index in [1.165, 1.54) is 44.8 Å². The Morgan fingerprint density at radius 3 is 1.30 bits per heavy atom. The normalized spacial score (nSPS) is 10.6. The van der Waals surface area contributed by atoms with Crippen molar-refractivity contribution < 1.29 is 0 Å². The van der Waals surface area contributed by atoms with Gasteiger partial charge in [0.1, 0.15) is 0 Å². The molecule has 0 N–H and O–H groups in total. The van der Waals surface area contributed by atoms with Gasteiger partial charge in [0.15, 0.2) is 0 Å². The van der Waals surface area contributed by atoms with Crippen molar-refractivity contribution in [1.82, 2.24) is 0 Å². The molecule has 0 aliphatic rings. The predicted molar refractivity (Wildman–Crippen MR) is 135 cm³/mol. The minimum absolute atomic E-state index is 0.822. The second-order valence-corrected chi connectivity index (χ2v) is 8.10. The molecule has 2 nitrogen and oxygen atoms in total. The van der Waals surface area contributed by atoms with E-state index in [1.807, 2.05) is 18.2 Å². The van der Waals surface area contributed by atoms with Gasteiger partial charge in [-0.25, -0.2) is 0 Å². The van der Waals surface area contributed by atoms with E-state index in [0.717, 1.165) is 32.6 Å². The highest BCUT2D eigenvalue weighted by molar-refractivity contribution is 5.59. The van der Waals surface area contributed by atoms with Crippen molar-refractivity contribution in [1.29, 1.82) is 0 Å². The minimum atomic E-state index is 0.822. The summed E-state index contributed by atoms with van der Waals surface area (Å²) in [6, 6.07) is 9.25. The number of benzene rings is 2. The third-order valence-electron chi connectivity index (χ3n) is 5.88. The number of hydrogen-bond acceptors (Lipinski definition) is 2. The van der Waals surface area contributed by atoms with Crippen molar-refractivity contribution in [3.8, 4) is 0 Å². The van der Waals surface area contributed by atoms with Crippen molar-refractivity contribution in [3.05, 3.63) is 95.6 Å². The van der Waals surface area contributed by atoms with E-state index in [-0.39, 0.29) is 0 Å². The van der Waals surface area contributed by atoms with Crippen LogP contribution in [0.2, 0.25) is 0 Å². The molecule has 0 atom stereocenters. The lowest BCUT2D eigenvalue weighted by atomic mass is 9.90. The number of nitrogens with zero attached hydrogens (tertiary/aromatic N) is 2. The van der Waals surface area contributed by atoms with Crippen LogP contribution in [0.5, 0.6) is 0 Å². The van der Waals surface area contributed by atoms with Gasteiger partial charge >= 0.3 is 0 Å². The second-order valence-electron chi connectivity index (χ2n) is 8.10. The van der Waals surface area contributed by atoms with Crippen molar-refractivity contribution >= 4 is 11.4 Å². The van der Waals surface area contributed by atoms with Gasteiger partial charge in [-0.05, 0) is 98.7 Å². The van der Waals surface area contributed by atoms with E-state index >= 15 is 0 Å². The Balaban J connectivity index is 2.39. The maximum absolute atomic E-state index is 3.90. The summed E-state index contributed by atoms with van der Waals surface area (Å²) in [6.07, 6.45) is 6.83. The Labute approximate surface area is 184 Å². The van der Waals surface area contributed by atoms with Crippen LogP contribution in [0.3, 0.4) is 0 Å². The van der Waals surface area contributed by atoms with E-state index in [1.54, 1.807) is 0 Å². The van der Waals surface area contributed by atoms with Crippen LogP contribution in [0.1, 0.15) is 40.3 Å². The Bertz CT molecular complexity index is 851. The molecular weight excluding hydrogens is 364 g/mol. The zero-order chi connectivity index (χ0) is 22.3. The van der Waals surface area contributed by atoms with Crippen LogP contribution in [-0.4, -0.2) is 26.2 Å². The Kier molecular flexibility index (Phi) is 8.53. The van der Waals surface area contributed by atoms with Crippen molar-refractivity contribution in [2.75, 3.05) is 36.0 Å². The number of hydrogen-bond donors (Lipinski definition) is 0. The van der Waals surface area contributed by atoms with E-state index in [9.17, 15) is 0 Å². The summed E-state index contributed by atoms with van der Waals surface area (Å²) in [4.78, 5) is 4.66. The van der Waals surface area contributed by atoms with E-state index in [0.29, 0.717) is 0 Å². The molecule has 2 heteroatoms. The molecule has 0 fully saturated rings. The fraction of sp³-hybridized carbons (Fsp3) is 0.357. The van der Waals surface area contributed by atoms with Crippen LogP contribution < -0.4 is 9.80 Å². The first-order valence-corrected chi connectivity index (χ1v) is 10.9. The van der Waals surface area contributed by atoms with Crippen LogP contribution in [0, 0.1) is 27.7 Å². The van der Waals surface area contributed by atoms with Crippen molar-refractivity contribution in [3.63, 3.8) is 0 Å². The molecule has 0 bridgehead atoms. The number of likely N-dealkylation sites (N-methyl/N-ethyl adjacent to an activating group) is 1. The van der Waals surface area contributed by atoms with Crippen LogP contribution >= 0.6 is 0 Å². The monoisotopic (exact) mass is 402 g/mol. The third-order valence-corrected chi connectivity index (χ3v) is 5.88. The van der Waals surface area contributed by atoms with Crippen LogP contribution in [0.15, 0.2) is 62.2 Å². The SMILES string of the molecule is C=CCN(CC)c1cc(C)c(Cc2c(C)cc(N(CC=C)CC=C)cc2C)c(C)c1. The zero-order valence-electron chi connectivity index (χ0n) is 19.6. The molecular formula is C28H38N2. The molecule has 2 rings (SSSR count). The molecule has 0 amide bonds. The van der Waals surface area contributed by atoms with Crippen LogP contribution in [-0.2, 0) is 6.42 Å². The number of anilines is 2. The molecule has 0 aromatic heterocycles. The molecule has 2 aromatic rings. The molecule has 0 heterocycles. The van der Waals surface area contributed by atoms with E-state index < -0.39 is 0 Å². The standard InChI is InChI=1S/C28H38N2/c1-9-13-29(12-4)25-16-21(5)27(22(6)17-25)20-28-23(7)18-26(19-24(28)8)30(14-10-2)15-11-3/h9-11,16-19H,1-3,12-15,20H2,4-8H3. The van der Waals surface area contributed by atoms with Crippen molar-refractivity contribution in [2.45, 2.75) is 41.0 Å². The highest BCUT2D eigenvalue weighted by Gasteiger charge is 2.14. The number of rotatable bonds is 11. The fourth-order valence-electron chi connectivity index (χ4n) is 4.21. The predicted octanol–water partition coefficient (Wildman–Crippen LogP) is 6.70. The largest absolute Gasteiger partial charge is 0.368 e. The highest BCUT2D eigenvalue weighted by atomic mass is 15.1. The smallest absolute Gasteiger partial charge is 0.0377 e. The average Bonchev–Trinajstić information content (AvgIpc) is 2.70. The van der Waals surface area contributed by atoms with Gasteiger partial charge in [0, 0.05) is 37.6 Å². The molecule has 0 spiro atoms. The highest BCUT2D eigenvalue weighted by Crippen LogP contribution is 2.30. The molecule has 0 saturated carbocycles. The summed E-state index contributed by atoms with van der Waals surface area (Å²) in [5, 5.41) is 0. The molecule has 0 saturated heterocycles. The van der Waals surface area contributed by atoms with E-state index in [4.69, 9.17) is 0 Å².